The Morgan fingerprint density at radius 3 is 2.53 bits per heavy atom. The first-order valence-electron chi connectivity index (χ1n) is 10.8. The zero-order chi connectivity index (χ0) is 22.6. The van der Waals surface area contributed by atoms with Crippen molar-refractivity contribution in [3.63, 3.8) is 0 Å². The van der Waals surface area contributed by atoms with Crippen LogP contribution in [-0.4, -0.2) is 41.2 Å². The highest BCUT2D eigenvalue weighted by Gasteiger charge is 2.33. The first-order chi connectivity index (χ1) is 15.4. The van der Waals surface area contributed by atoms with Gasteiger partial charge in [-0.05, 0) is 49.0 Å². The maximum atomic E-state index is 12.9. The molecule has 32 heavy (non-hydrogen) atoms. The number of hydrogen-bond acceptors (Lipinski definition) is 3. The van der Waals surface area contributed by atoms with Gasteiger partial charge < -0.3 is 9.64 Å². The monoisotopic (exact) mass is 442 g/mol. The third-order valence-electron chi connectivity index (χ3n) is 5.88. The van der Waals surface area contributed by atoms with Gasteiger partial charge in [0.15, 0.2) is 0 Å². The zero-order valence-electron chi connectivity index (χ0n) is 17.6. The minimum absolute atomic E-state index is 0.0390. The molecule has 2 aromatic rings. The predicted molar refractivity (Wildman–Crippen MR) is 115 cm³/mol. The molecule has 1 aromatic carbocycles. The molecule has 0 saturated carbocycles. The number of rotatable bonds is 5. The van der Waals surface area contributed by atoms with Crippen LogP contribution in [0.25, 0.3) is 0 Å². The summed E-state index contributed by atoms with van der Waals surface area (Å²) in [5.41, 5.74) is 1.45. The molecule has 4 nitrogen and oxygen atoms in total. The van der Waals surface area contributed by atoms with Crippen LogP contribution in [0.4, 0.5) is 13.2 Å². The van der Waals surface area contributed by atoms with Crippen molar-refractivity contribution in [2.45, 2.75) is 44.1 Å². The molecule has 0 spiro atoms. The number of pyridine rings is 1. The van der Waals surface area contributed by atoms with Crippen molar-refractivity contribution in [1.82, 2.24) is 9.88 Å². The van der Waals surface area contributed by atoms with Gasteiger partial charge in [-0.3, -0.25) is 4.79 Å². The molecule has 1 atom stereocenters. The molecule has 168 valence electrons. The summed E-state index contributed by atoms with van der Waals surface area (Å²) in [6, 6.07) is 15.4. The Morgan fingerprint density at radius 2 is 1.81 bits per heavy atom. The lowest BCUT2D eigenvalue weighted by Crippen LogP contribution is -2.38. The van der Waals surface area contributed by atoms with Crippen LogP contribution >= 0.6 is 0 Å². The van der Waals surface area contributed by atoms with Crippen LogP contribution in [0.3, 0.4) is 0 Å². The Morgan fingerprint density at radius 1 is 1.06 bits per heavy atom. The Kier molecular flexibility index (Phi) is 6.74. The number of allylic oxidation sites excluding steroid dienone is 2. The van der Waals surface area contributed by atoms with E-state index in [1.54, 1.807) is 18.2 Å². The van der Waals surface area contributed by atoms with Crippen LogP contribution in [-0.2, 0) is 11.3 Å². The van der Waals surface area contributed by atoms with Crippen molar-refractivity contribution in [3.05, 3.63) is 89.3 Å². The minimum Gasteiger partial charge on any atom is -0.368 e. The van der Waals surface area contributed by atoms with E-state index in [1.807, 2.05) is 23.1 Å². The molecule has 0 N–H and O–H groups in total. The minimum atomic E-state index is -4.39. The number of amides is 1. The fourth-order valence-electron chi connectivity index (χ4n) is 4.13. The highest BCUT2D eigenvalue weighted by Crippen LogP contribution is 2.30. The lowest BCUT2D eigenvalue weighted by Gasteiger charge is -2.32. The number of nitrogens with zero attached hydrogens (tertiary/aromatic N) is 2. The Balaban J connectivity index is 1.33. The molecule has 0 radical (unpaired) electrons. The van der Waals surface area contributed by atoms with E-state index in [9.17, 15) is 18.0 Å². The SMILES string of the molecule is O=C(c1cccc(COC2C=C(C(F)(F)F)C=CC2)n1)N1CCC(c2ccccc2)CC1. The number of alkyl halides is 3. The standard InChI is InChI=1S/C25H25F3N2O2/c26-25(27,28)20-8-4-10-22(16-20)32-17-21-9-5-11-23(29-21)24(31)30-14-12-19(13-15-30)18-6-2-1-3-7-18/h1-9,11,16,19,22H,10,12-15,17H2. The topological polar surface area (TPSA) is 42.4 Å². The number of likely N-dealkylation sites (tertiary alicyclic amines) is 1. The normalized spacial score (nSPS) is 19.7. The van der Waals surface area contributed by atoms with Gasteiger partial charge >= 0.3 is 6.18 Å². The summed E-state index contributed by atoms with van der Waals surface area (Å²) in [6.45, 7) is 1.37. The van der Waals surface area contributed by atoms with Gasteiger partial charge in [-0.25, -0.2) is 4.98 Å². The van der Waals surface area contributed by atoms with E-state index in [-0.39, 0.29) is 12.5 Å². The van der Waals surface area contributed by atoms with E-state index in [1.165, 1.54) is 11.6 Å². The number of benzene rings is 1. The van der Waals surface area contributed by atoms with Crippen molar-refractivity contribution in [2.75, 3.05) is 13.1 Å². The number of halogens is 3. The summed E-state index contributed by atoms with van der Waals surface area (Å²) >= 11 is 0. The second-order valence-corrected chi connectivity index (χ2v) is 8.10. The van der Waals surface area contributed by atoms with Crippen LogP contribution in [0.1, 0.15) is 46.9 Å². The largest absolute Gasteiger partial charge is 0.416 e. The van der Waals surface area contributed by atoms with Crippen LogP contribution in [0.5, 0.6) is 0 Å². The maximum absolute atomic E-state index is 12.9. The molecule has 1 aliphatic heterocycles. The van der Waals surface area contributed by atoms with Crippen LogP contribution in [0.15, 0.2) is 72.3 Å². The van der Waals surface area contributed by atoms with Crippen LogP contribution < -0.4 is 0 Å². The molecule has 1 fully saturated rings. The maximum Gasteiger partial charge on any atom is 0.416 e. The average molecular weight is 442 g/mol. The van der Waals surface area contributed by atoms with Gasteiger partial charge in [-0.1, -0.05) is 48.6 Å². The molecule has 1 amide bonds. The van der Waals surface area contributed by atoms with E-state index in [0.717, 1.165) is 25.0 Å². The fourth-order valence-corrected chi connectivity index (χ4v) is 4.13. The smallest absolute Gasteiger partial charge is 0.368 e. The van der Waals surface area contributed by atoms with Crippen LogP contribution in [0, 0.1) is 0 Å². The summed E-state index contributed by atoms with van der Waals surface area (Å²) in [5.74, 6) is 0.324. The van der Waals surface area contributed by atoms with E-state index in [4.69, 9.17) is 4.74 Å². The Labute approximate surface area is 185 Å². The number of hydrogen-bond donors (Lipinski definition) is 0. The van der Waals surface area contributed by atoms with E-state index >= 15 is 0 Å². The second kappa shape index (κ2) is 9.69. The summed E-state index contributed by atoms with van der Waals surface area (Å²) in [5, 5.41) is 0. The highest BCUT2D eigenvalue weighted by molar-refractivity contribution is 5.92. The number of ether oxygens (including phenoxy) is 1. The van der Waals surface area contributed by atoms with Gasteiger partial charge in [0.05, 0.1) is 24.0 Å². The van der Waals surface area contributed by atoms with Gasteiger partial charge in [-0.15, -0.1) is 0 Å². The third-order valence-corrected chi connectivity index (χ3v) is 5.88. The van der Waals surface area contributed by atoms with Gasteiger partial charge in [-0.2, -0.15) is 13.2 Å². The Bertz CT molecular complexity index is 994. The van der Waals surface area contributed by atoms with Crippen molar-refractivity contribution in [3.8, 4) is 0 Å². The lowest BCUT2D eigenvalue weighted by molar-refractivity contribution is -0.0899. The number of aromatic nitrogens is 1. The van der Waals surface area contributed by atoms with Crippen molar-refractivity contribution in [2.24, 2.45) is 0 Å². The molecule has 1 aromatic heterocycles. The summed E-state index contributed by atoms with van der Waals surface area (Å²) in [7, 11) is 0. The third kappa shape index (κ3) is 5.46. The quantitative estimate of drug-likeness (QED) is 0.620. The number of carbonyl (C=O) groups excluding carboxylic acids is 1. The molecule has 1 unspecified atom stereocenters. The highest BCUT2D eigenvalue weighted by atomic mass is 19.4. The van der Waals surface area contributed by atoms with Gasteiger partial charge in [0, 0.05) is 13.1 Å². The summed E-state index contributed by atoms with van der Waals surface area (Å²) in [4.78, 5) is 19.1. The van der Waals surface area contributed by atoms with Gasteiger partial charge in [0.25, 0.3) is 5.91 Å². The lowest BCUT2D eigenvalue weighted by atomic mass is 9.89. The molecular formula is C25H25F3N2O2. The van der Waals surface area contributed by atoms with E-state index in [2.05, 4.69) is 17.1 Å². The molecule has 0 bridgehead atoms. The number of carbonyl (C=O) groups is 1. The van der Waals surface area contributed by atoms with Gasteiger partial charge in [0.1, 0.15) is 5.69 Å². The molecule has 2 heterocycles. The fraction of sp³-hybridized carbons (Fsp3) is 0.360. The number of piperidine rings is 1. The van der Waals surface area contributed by atoms with E-state index in [0.29, 0.717) is 36.8 Å². The van der Waals surface area contributed by atoms with Crippen molar-refractivity contribution < 1.29 is 22.7 Å². The Hall–Kier alpha value is -2.93. The van der Waals surface area contributed by atoms with E-state index < -0.39 is 17.9 Å². The molecule has 7 heteroatoms. The van der Waals surface area contributed by atoms with Crippen LogP contribution in [0.2, 0.25) is 0 Å². The average Bonchev–Trinajstić information content (AvgIpc) is 2.83. The molecule has 2 aliphatic rings. The summed E-state index contributed by atoms with van der Waals surface area (Å²) < 4.78 is 44.3. The summed E-state index contributed by atoms with van der Waals surface area (Å²) in [6.07, 6.45) is 0.730. The van der Waals surface area contributed by atoms with Crippen molar-refractivity contribution >= 4 is 5.91 Å². The molecule has 1 saturated heterocycles. The molecule has 1 aliphatic carbocycles. The van der Waals surface area contributed by atoms with Gasteiger partial charge in [0.2, 0.25) is 0 Å². The van der Waals surface area contributed by atoms with Crippen molar-refractivity contribution in [1.29, 1.82) is 0 Å². The first-order valence-corrected chi connectivity index (χ1v) is 10.8. The first kappa shape index (κ1) is 22.3. The molecular weight excluding hydrogens is 417 g/mol. The molecule has 4 rings (SSSR count). The zero-order valence-corrected chi connectivity index (χ0v) is 17.6. The predicted octanol–water partition coefficient (Wildman–Crippen LogP) is 5.44. The second-order valence-electron chi connectivity index (χ2n) is 8.10.